The minimum absolute atomic E-state index is 0.233. The Bertz CT molecular complexity index is 247. The molecular weight excluding hydrogens is 166 g/mol. The molecule has 1 saturated heterocycles. The molecule has 0 radical (unpaired) electrons. The summed E-state index contributed by atoms with van der Waals surface area (Å²) in [5.41, 5.74) is 0. The highest BCUT2D eigenvalue weighted by molar-refractivity contribution is 4.99. The molecule has 0 bridgehead atoms. The molecule has 0 saturated carbocycles. The summed E-state index contributed by atoms with van der Waals surface area (Å²) in [5.74, 6) is 1.03. The van der Waals surface area contributed by atoms with Gasteiger partial charge in [0.25, 0.3) is 0 Å². The van der Waals surface area contributed by atoms with Crippen LogP contribution in [0.5, 0.6) is 0 Å². The first kappa shape index (κ1) is 8.72. The molecule has 1 aromatic heterocycles. The van der Waals surface area contributed by atoms with Gasteiger partial charge in [0.15, 0.2) is 0 Å². The molecule has 2 rings (SSSR count). The number of β-amino-alcohol motifs (C(OH)–C–C–N with tert-alkyl or cyclic N) is 1. The maximum atomic E-state index is 8.87. The number of nitrogens with one attached hydrogen (secondary N) is 1. The number of aliphatic hydroxyl groups excluding tert-OH is 1. The number of H-pyrrole nitrogens is 1. The lowest BCUT2D eigenvalue weighted by molar-refractivity contribution is 0.182. The summed E-state index contributed by atoms with van der Waals surface area (Å²) in [4.78, 5) is 9.66. The van der Waals surface area contributed by atoms with Crippen LogP contribution < -0.4 is 0 Å². The molecule has 4 nitrogen and oxygen atoms in total. The van der Waals surface area contributed by atoms with Crippen LogP contribution in [-0.2, 0) is 0 Å². The summed E-state index contributed by atoms with van der Waals surface area (Å²) in [5, 5.41) is 8.87. The van der Waals surface area contributed by atoms with Crippen LogP contribution in [0.25, 0.3) is 0 Å². The normalized spacial score (nSPS) is 23.9. The molecule has 0 amide bonds. The average molecular weight is 181 g/mol. The van der Waals surface area contributed by atoms with E-state index in [1.807, 2.05) is 6.20 Å². The van der Waals surface area contributed by atoms with Gasteiger partial charge < -0.3 is 10.1 Å². The van der Waals surface area contributed by atoms with Crippen molar-refractivity contribution in [1.29, 1.82) is 0 Å². The Morgan fingerprint density at radius 1 is 1.69 bits per heavy atom. The first-order chi connectivity index (χ1) is 6.42. The van der Waals surface area contributed by atoms with Gasteiger partial charge in [-0.25, -0.2) is 4.98 Å². The van der Waals surface area contributed by atoms with Crippen LogP contribution >= 0.6 is 0 Å². The third-order valence-corrected chi connectivity index (χ3v) is 2.59. The van der Waals surface area contributed by atoms with Crippen molar-refractivity contribution in [3.05, 3.63) is 18.2 Å². The molecule has 0 aromatic carbocycles. The zero-order valence-corrected chi connectivity index (χ0v) is 7.61. The number of nitrogens with zero attached hydrogens (tertiary/aromatic N) is 2. The molecular formula is C9H15N3O. The second-order valence-electron chi connectivity index (χ2n) is 3.39. The Morgan fingerprint density at radius 3 is 3.31 bits per heavy atom. The van der Waals surface area contributed by atoms with Gasteiger partial charge in [-0.15, -0.1) is 0 Å². The van der Waals surface area contributed by atoms with Gasteiger partial charge in [-0.05, 0) is 19.4 Å². The number of aromatic nitrogens is 2. The number of aromatic amines is 1. The lowest BCUT2D eigenvalue weighted by Gasteiger charge is -2.21. The summed E-state index contributed by atoms with van der Waals surface area (Å²) >= 11 is 0. The second-order valence-corrected chi connectivity index (χ2v) is 3.39. The largest absolute Gasteiger partial charge is 0.395 e. The number of aliphatic hydroxyl groups is 1. The summed E-state index contributed by atoms with van der Waals surface area (Å²) in [6, 6.07) is 0.391. The molecule has 0 spiro atoms. The zero-order valence-electron chi connectivity index (χ0n) is 7.61. The molecule has 4 heteroatoms. The molecule has 0 aliphatic carbocycles. The van der Waals surface area contributed by atoms with E-state index in [4.69, 9.17) is 5.11 Å². The second kappa shape index (κ2) is 3.89. The highest BCUT2D eigenvalue weighted by Gasteiger charge is 2.26. The van der Waals surface area contributed by atoms with Gasteiger partial charge in [0.05, 0.1) is 12.6 Å². The molecule has 13 heavy (non-hydrogen) atoms. The fourth-order valence-electron chi connectivity index (χ4n) is 1.99. The van der Waals surface area contributed by atoms with Gasteiger partial charge in [0.1, 0.15) is 5.82 Å². The Kier molecular flexibility index (Phi) is 2.61. The van der Waals surface area contributed by atoms with Crippen LogP contribution in [0.1, 0.15) is 24.7 Å². The van der Waals surface area contributed by atoms with E-state index >= 15 is 0 Å². The molecule has 1 unspecified atom stereocenters. The minimum atomic E-state index is 0.233. The molecule has 2 N–H and O–H groups in total. The van der Waals surface area contributed by atoms with E-state index < -0.39 is 0 Å². The van der Waals surface area contributed by atoms with Crippen LogP contribution in [0.3, 0.4) is 0 Å². The third kappa shape index (κ3) is 1.73. The monoisotopic (exact) mass is 181 g/mol. The Morgan fingerprint density at radius 2 is 2.62 bits per heavy atom. The third-order valence-electron chi connectivity index (χ3n) is 2.59. The first-order valence-electron chi connectivity index (χ1n) is 4.76. The van der Waals surface area contributed by atoms with Crippen molar-refractivity contribution >= 4 is 0 Å². The van der Waals surface area contributed by atoms with E-state index in [-0.39, 0.29) is 6.61 Å². The summed E-state index contributed by atoms with van der Waals surface area (Å²) in [6.07, 6.45) is 5.98. The van der Waals surface area contributed by atoms with Crippen molar-refractivity contribution in [3.63, 3.8) is 0 Å². The SMILES string of the molecule is OCCN1CCCC1c1ncc[nH]1. The van der Waals surface area contributed by atoms with E-state index in [1.165, 1.54) is 6.42 Å². The van der Waals surface area contributed by atoms with Crippen LogP contribution in [0.2, 0.25) is 0 Å². The highest BCUT2D eigenvalue weighted by Crippen LogP contribution is 2.28. The zero-order chi connectivity index (χ0) is 9.10. The van der Waals surface area contributed by atoms with Crippen molar-refractivity contribution in [2.75, 3.05) is 19.7 Å². The van der Waals surface area contributed by atoms with E-state index in [0.29, 0.717) is 6.04 Å². The van der Waals surface area contributed by atoms with Gasteiger partial charge in [0.2, 0.25) is 0 Å². The van der Waals surface area contributed by atoms with E-state index in [0.717, 1.165) is 25.3 Å². The molecule has 1 fully saturated rings. The topological polar surface area (TPSA) is 52.1 Å². The molecule has 1 aromatic rings. The predicted molar refractivity (Wildman–Crippen MR) is 49.2 cm³/mol. The smallest absolute Gasteiger partial charge is 0.123 e. The standard InChI is InChI=1S/C9H15N3O/c13-7-6-12-5-1-2-8(12)9-10-3-4-11-9/h3-4,8,13H,1-2,5-7H2,(H,10,11). The van der Waals surface area contributed by atoms with Gasteiger partial charge in [-0.2, -0.15) is 0 Å². The van der Waals surface area contributed by atoms with Crippen LogP contribution in [0.4, 0.5) is 0 Å². The van der Waals surface area contributed by atoms with E-state index in [1.54, 1.807) is 6.20 Å². The van der Waals surface area contributed by atoms with Gasteiger partial charge >= 0.3 is 0 Å². The quantitative estimate of drug-likeness (QED) is 0.715. The van der Waals surface area contributed by atoms with Crippen molar-refractivity contribution in [2.24, 2.45) is 0 Å². The number of rotatable bonds is 3. The number of hydrogen-bond acceptors (Lipinski definition) is 3. The molecule has 72 valence electrons. The van der Waals surface area contributed by atoms with Crippen molar-refractivity contribution in [1.82, 2.24) is 14.9 Å². The van der Waals surface area contributed by atoms with Crippen LogP contribution in [0.15, 0.2) is 12.4 Å². The number of likely N-dealkylation sites (tertiary alicyclic amines) is 1. The predicted octanol–water partition coefficient (Wildman–Crippen LogP) is 0.539. The van der Waals surface area contributed by atoms with Crippen LogP contribution in [0, 0.1) is 0 Å². The van der Waals surface area contributed by atoms with Crippen molar-refractivity contribution in [2.45, 2.75) is 18.9 Å². The van der Waals surface area contributed by atoms with Gasteiger partial charge in [0, 0.05) is 18.9 Å². The van der Waals surface area contributed by atoms with Gasteiger partial charge in [-0.3, -0.25) is 4.90 Å². The van der Waals surface area contributed by atoms with E-state index in [2.05, 4.69) is 14.9 Å². The summed E-state index contributed by atoms with van der Waals surface area (Å²) in [6.45, 7) is 2.06. The first-order valence-corrected chi connectivity index (χ1v) is 4.76. The lowest BCUT2D eigenvalue weighted by Crippen LogP contribution is -2.27. The van der Waals surface area contributed by atoms with E-state index in [9.17, 15) is 0 Å². The maximum absolute atomic E-state index is 8.87. The fraction of sp³-hybridized carbons (Fsp3) is 0.667. The number of hydrogen-bond donors (Lipinski definition) is 2. The minimum Gasteiger partial charge on any atom is -0.395 e. The molecule has 1 aliphatic rings. The number of imidazole rings is 1. The molecule has 2 heterocycles. The Balaban J connectivity index is 2.05. The lowest BCUT2D eigenvalue weighted by atomic mass is 10.2. The van der Waals surface area contributed by atoms with Crippen molar-refractivity contribution in [3.8, 4) is 0 Å². The summed E-state index contributed by atoms with van der Waals surface area (Å²) < 4.78 is 0. The Hall–Kier alpha value is -0.870. The fourth-order valence-corrected chi connectivity index (χ4v) is 1.99. The molecule has 1 aliphatic heterocycles. The summed E-state index contributed by atoms with van der Waals surface area (Å²) in [7, 11) is 0. The van der Waals surface area contributed by atoms with Crippen LogP contribution in [-0.4, -0.2) is 39.7 Å². The maximum Gasteiger partial charge on any atom is 0.123 e. The average Bonchev–Trinajstić information content (AvgIpc) is 2.71. The van der Waals surface area contributed by atoms with Gasteiger partial charge in [-0.1, -0.05) is 0 Å². The highest BCUT2D eigenvalue weighted by atomic mass is 16.3. The van der Waals surface area contributed by atoms with Crippen molar-refractivity contribution < 1.29 is 5.11 Å². The Labute approximate surface area is 77.6 Å². The molecule has 1 atom stereocenters.